The van der Waals surface area contributed by atoms with Crippen LogP contribution in [0, 0.1) is 0 Å². The van der Waals surface area contributed by atoms with Gasteiger partial charge < -0.3 is 5.32 Å². The number of aryl methyl sites for hydroxylation is 1. The average Bonchev–Trinajstić information content (AvgIpc) is 2.47. The molecule has 2 aromatic carbocycles. The molecule has 0 unspecified atom stereocenters. The van der Waals surface area contributed by atoms with Crippen LogP contribution in [0.15, 0.2) is 48.5 Å². The van der Waals surface area contributed by atoms with E-state index in [1.54, 1.807) is 0 Å². The molecule has 21 heavy (non-hydrogen) atoms. The van der Waals surface area contributed by atoms with Crippen molar-refractivity contribution in [3.8, 4) is 11.1 Å². The van der Waals surface area contributed by atoms with E-state index in [1.165, 1.54) is 6.92 Å². The van der Waals surface area contributed by atoms with Gasteiger partial charge in [-0.15, -0.1) is 0 Å². The van der Waals surface area contributed by atoms with Gasteiger partial charge in [0.15, 0.2) is 0 Å². The van der Waals surface area contributed by atoms with Crippen LogP contribution in [0.1, 0.15) is 25.8 Å². The smallest absolute Gasteiger partial charge is 0.231 e. The summed E-state index contributed by atoms with van der Waals surface area (Å²) in [5.74, 6) is -0.396. The van der Waals surface area contributed by atoms with E-state index < -0.39 is 0 Å². The highest BCUT2D eigenvalue weighted by Crippen LogP contribution is 2.26. The molecule has 1 N–H and O–H groups in total. The topological polar surface area (TPSA) is 46.2 Å². The molecule has 0 heterocycles. The van der Waals surface area contributed by atoms with E-state index in [1.807, 2.05) is 49.4 Å². The summed E-state index contributed by atoms with van der Waals surface area (Å²) in [4.78, 5) is 22.8. The van der Waals surface area contributed by atoms with Gasteiger partial charge in [0.1, 0.15) is 5.78 Å². The molecular weight excluding hydrogens is 262 g/mol. The Morgan fingerprint density at radius 1 is 1.00 bits per heavy atom. The fourth-order valence-corrected chi connectivity index (χ4v) is 2.23. The van der Waals surface area contributed by atoms with Gasteiger partial charge >= 0.3 is 0 Å². The normalized spacial score (nSPS) is 10.2. The zero-order valence-electron chi connectivity index (χ0n) is 12.3. The molecule has 3 heteroatoms. The number of hydrogen-bond donors (Lipinski definition) is 1. The highest BCUT2D eigenvalue weighted by Gasteiger charge is 2.09. The predicted molar refractivity (Wildman–Crippen MR) is 85.2 cm³/mol. The quantitative estimate of drug-likeness (QED) is 0.846. The molecule has 0 spiro atoms. The minimum atomic E-state index is -0.262. The summed E-state index contributed by atoms with van der Waals surface area (Å²) in [6.45, 7) is 3.46. The second-order valence-corrected chi connectivity index (χ2v) is 5.02. The summed E-state index contributed by atoms with van der Waals surface area (Å²) in [5, 5.41) is 2.84. The Hall–Kier alpha value is -2.42. The molecule has 3 nitrogen and oxygen atoms in total. The van der Waals surface area contributed by atoms with Gasteiger partial charge in [-0.2, -0.15) is 0 Å². The molecule has 0 saturated heterocycles. The third-order valence-electron chi connectivity index (χ3n) is 3.28. The van der Waals surface area contributed by atoms with Crippen LogP contribution >= 0.6 is 0 Å². The number of nitrogens with one attached hydrogen (secondary N) is 1. The molecule has 2 aromatic rings. The van der Waals surface area contributed by atoms with Gasteiger partial charge in [-0.3, -0.25) is 9.59 Å². The summed E-state index contributed by atoms with van der Waals surface area (Å²) in [7, 11) is 0. The molecule has 108 valence electrons. The molecule has 2 rings (SSSR count). The maximum atomic E-state index is 11.8. The molecule has 0 aliphatic carbocycles. The van der Waals surface area contributed by atoms with Crippen molar-refractivity contribution in [1.29, 1.82) is 0 Å². The Labute approximate surface area is 125 Å². The van der Waals surface area contributed by atoms with Crippen molar-refractivity contribution < 1.29 is 9.59 Å². The predicted octanol–water partition coefficient (Wildman–Crippen LogP) is 3.83. The number of amides is 1. The fraction of sp³-hybridized carbons (Fsp3) is 0.222. The molecule has 1 amide bonds. The molecule has 0 aliphatic heterocycles. The SMILES string of the molecule is CCc1ccc(-c2ccccc2)cc1NC(=O)CC(C)=O. The molecule has 0 saturated carbocycles. The Morgan fingerprint density at radius 2 is 1.71 bits per heavy atom. The van der Waals surface area contributed by atoms with Gasteiger partial charge in [0.25, 0.3) is 0 Å². The van der Waals surface area contributed by atoms with Crippen molar-refractivity contribution in [1.82, 2.24) is 0 Å². The summed E-state index contributed by atoms with van der Waals surface area (Å²) in [6.07, 6.45) is 0.740. The first-order valence-electron chi connectivity index (χ1n) is 7.07. The maximum Gasteiger partial charge on any atom is 0.231 e. The molecule has 0 radical (unpaired) electrons. The van der Waals surface area contributed by atoms with Gasteiger partial charge in [-0.1, -0.05) is 49.4 Å². The number of anilines is 1. The third kappa shape index (κ3) is 4.02. The summed E-state index contributed by atoms with van der Waals surface area (Å²) >= 11 is 0. The van der Waals surface area contributed by atoms with Crippen LogP contribution < -0.4 is 5.32 Å². The van der Waals surface area contributed by atoms with E-state index >= 15 is 0 Å². The van der Waals surface area contributed by atoms with E-state index in [2.05, 4.69) is 11.4 Å². The van der Waals surface area contributed by atoms with Crippen LogP contribution in [0.25, 0.3) is 11.1 Å². The highest BCUT2D eigenvalue weighted by molar-refractivity contribution is 6.04. The number of hydrogen-bond acceptors (Lipinski definition) is 2. The number of carbonyl (C=O) groups is 2. The van der Waals surface area contributed by atoms with Crippen molar-refractivity contribution in [2.24, 2.45) is 0 Å². The molecule has 0 aromatic heterocycles. The average molecular weight is 281 g/mol. The van der Waals surface area contributed by atoms with Crippen molar-refractivity contribution in [3.05, 3.63) is 54.1 Å². The first-order chi connectivity index (χ1) is 10.1. The lowest BCUT2D eigenvalue weighted by atomic mass is 10.0. The van der Waals surface area contributed by atoms with Crippen LogP contribution in [0.2, 0.25) is 0 Å². The zero-order valence-corrected chi connectivity index (χ0v) is 12.3. The highest BCUT2D eigenvalue weighted by atomic mass is 16.2. The molecule has 0 atom stereocenters. The van der Waals surface area contributed by atoms with Gasteiger partial charge in [-0.05, 0) is 36.1 Å². The minimum absolute atomic E-state index is 0.0846. The Balaban J connectivity index is 2.30. The van der Waals surface area contributed by atoms with Crippen molar-refractivity contribution in [2.75, 3.05) is 5.32 Å². The number of rotatable bonds is 5. The van der Waals surface area contributed by atoms with E-state index in [4.69, 9.17) is 0 Å². The Bertz CT molecular complexity index is 648. The first kappa shape index (κ1) is 15.0. The van der Waals surface area contributed by atoms with Gasteiger partial charge in [0.05, 0.1) is 6.42 Å². The lowest BCUT2D eigenvalue weighted by Gasteiger charge is -2.12. The van der Waals surface area contributed by atoms with Crippen LogP contribution in [0.3, 0.4) is 0 Å². The van der Waals surface area contributed by atoms with E-state index in [0.717, 1.165) is 28.8 Å². The molecule has 0 aliphatic rings. The summed E-state index contributed by atoms with van der Waals surface area (Å²) < 4.78 is 0. The van der Waals surface area contributed by atoms with E-state index in [0.29, 0.717) is 0 Å². The first-order valence-corrected chi connectivity index (χ1v) is 7.07. The second kappa shape index (κ2) is 6.84. The van der Waals surface area contributed by atoms with E-state index in [-0.39, 0.29) is 18.1 Å². The van der Waals surface area contributed by atoms with Crippen LogP contribution in [0.4, 0.5) is 5.69 Å². The monoisotopic (exact) mass is 281 g/mol. The van der Waals surface area contributed by atoms with Crippen LogP contribution in [-0.4, -0.2) is 11.7 Å². The van der Waals surface area contributed by atoms with E-state index in [9.17, 15) is 9.59 Å². The lowest BCUT2D eigenvalue weighted by Crippen LogP contribution is -2.15. The Morgan fingerprint density at radius 3 is 2.33 bits per heavy atom. The largest absolute Gasteiger partial charge is 0.325 e. The molecule has 0 fully saturated rings. The second-order valence-electron chi connectivity index (χ2n) is 5.02. The maximum absolute atomic E-state index is 11.8. The Kier molecular flexibility index (Phi) is 4.88. The van der Waals surface area contributed by atoms with Crippen LogP contribution in [-0.2, 0) is 16.0 Å². The summed E-state index contributed by atoms with van der Waals surface area (Å²) in [6, 6.07) is 16.0. The van der Waals surface area contributed by atoms with Gasteiger partial charge in [0, 0.05) is 5.69 Å². The third-order valence-corrected chi connectivity index (χ3v) is 3.28. The minimum Gasteiger partial charge on any atom is -0.325 e. The van der Waals surface area contributed by atoms with Crippen LogP contribution in [0.5, 0.6) is 0 Å². The number of ketones is 1. The fourth-order valence-electron chi connectivity index (χ4n) is 2.23. The molecule has 0 bridgehead atoms. The van der Waals surface area contributed by atoms with Gasteiger partial charge in [0.2, 0.25) is 5.91 Å². The van der Waals surface area contributed by atoms with Crippen molar-refractivity contribution >= 4 is 17.4 Å². The lowest BCUT2D eigenvalue weighted by molar-refractivity contribution is -0.124. The molecular formula is C18H19NO2. The number of benzene rings is 2. The summed E-state index contributed by atoms with van der Waals surface area (Å²) in [5.41, 5.74) is 3.99. The van der Waals surface area contributed by atoms with Gasteiger partial charge in [-0.25, -0.2) is 0 Å². The van der Waals surface area contributed by atoms with Crippen molar-refractivity contribution in [3.63, 3.8) is 0 Å². The number of Topliss-reactive ketones (excluding diaryl/α,β-unsaturated/α-hetero) is 1. The zero-order chi connectivity index (χ0) is 15.2. The number of carbonyl (C=O) groups excluding carboxylic acids is 2. The standard InChI is InChI=1S/C18H19NO2/c1-3-14-9-10-16(15-7-5-4-6-8-15)12-17(14)19-18(21)11-13(2)20/h4-10,12H,3,11H2,1-2H3,(H,19,21). The van der Waals surface area contributed by atoms with Crippen molar-refractivity contribution in [2.45, 2.75) is 26.7 Å².